The molecule has 1 aliphatic heterocycles. The molecule has 1 saturated heterocycles. The topological polar surface area (TPSA) is 110 Å². The van der Waals surface area contributed by atoms with Crippen LogP contribution in [0.1, 0.15) is 6.92 Å². The van der Waals surface area contributed by atoms with Gasteiger partial charge in [0.05, 0.1) is 35.2 Å². The molecular weight excluding hydrogens is 447 g/mol. The molecule has 29 heavy (non-hydrogen) atoms. The molecule has 1 atom stereocenters. The predicted octanol–water partition coefficient (Wildman–Crippen LogP) is 2.60. The van der Waals surface area contributed by atoms with Crippen LogP contribution in [0.15, 0.2) is 41.3 Å². The number of hydrogen-bond donors (Lipinski definition) is 1. The summed E-state index contributed by atoms with van der Waals surface area (Å²) in [4.78, 5) is 11.9. The lowest BCUT2D eigenvalue weighted by Gasteiger charge is -2.18. The highest BCUT2D eigenvalue weighted by Gasteiger charge is 2.42. The number of nitrogens with zero attached hydrogens (tertiary/aromatic N) is 1. The van der Waals surface area contributed by atoms with Crippen LogP contribution in [-0.4, -0.2) is 35.6 Å². The minimum atomic E-state index is -4.29. The van der Waals surface area contributed by atoms with Crippen molar-refractivity contribution in [3.8, 4) is 5.75 Å². The Balaban J connectivity index is 2.07. The minimum Gasteiger partial charge on any atom is -0.495 e. The van der Waals surface area contributed by atoms with Gasteiger partial charge in [-0.05, 0) is 36.4 Å². The molecule has 8 nitrogen and oxygen atoms in total. The molecule has 2 aromatic rings. The van der Waals surface area contributed by atoms with Gasteiger partial charge in [-0.2, -0.15) is 0 Å². The number of ether oxygens (including phenoxy) is 1. The third-order valence-corrected chi connectivity index (χ3v) is 7.76. The van der Waals surface area contributed by atoms with Crippen molar-refractivity contribution in [2.75, 3.05) is 21.9 Å². The maximum atomic E-state index is 13.3. The molecule has 0 radical (unpaired) electrons. The molecule has 12 heteroatoms. The van der Waals surface area contributed by atoms with Crippen LogP contribution in [-0.2, 0) is 24.8 Å². The van der Waals surface area contributed by atoms with E-state index in [1.165, 1.54) is 32.2 Å². The van der Waals surface area contributed by atoms with Crippen molar-refractivity contribution < 1.29 is 30.8 Å². The van der Waals surface area contributed by atoms with E-state index >= 15 is 0 Å². The van der Waals surface area contributed by atoms with Gasteiger partial charge >= 0.3 is 0 Å². The summed E-state index contributed by atoms with van der Waals surface area (Å²) in [7, 11) is -6.98. The lowest BCUT2D eigenvalue weighted by Crippen LogP contribution is -2.30. The number of anilines is 2. The van der Waals surface area contributed by atoms with Gasteiger partial charge in [-0.15, -0.1) is 0 Å². The van der Waals surface area contributed by atoms with E-state index in [1.54, 1.807) is 0 Å². The summed E-state index contributed by atoms with van der Waals surface area (Å²) in [6.45, 7) is 1.47. The zero-order valence-corrected chi connectivity index (χ0v) is 17.6. The van der Waals surface area contributed by atoms with Crippen molar-refractivity contribution in [3.05, 3.63) is 47.2 Å². The van der Waals surface area contributed by atoms with Gasteiger partial charge in [0, 0.05) is 0 Å². The number of carbonyl (C=O) groups excluding carboxylic acids is 1. The normalized spacial score (nSPS) is 18.7. The summed E-state index contributed by atoms with van der Waals surface area (Å²) in [6.07, 6.45) is 0. The van der Waals surface area contributed by atoms with Gasteiger partial charge < -0.3 is 4.74 Å². The molecule has 1 unspecified atom stereocenters. The van der Waals surface area contributed by atoms with Crippen LogP contribution >= 0.6 is 11.6 Å². The second kappa shape index (κ2) is 7.47. The highest BCUT2D eigenvalue weighted by atomic mass is 35.5. The van der Waals surface area contributed by atoms with Gasteiger partial charge in [0.2, 0.25) is 15.9 Å². The summed E-state index contributed by atoms with van der Waals surface area (Å²) in [5, 5.41) is -0.284. The Kier molecular flexibility index (Phi) is 5.50. The van der Waals surface area contributed by atoms with Crippen LogP contribution in [0, 0.1) is 11.7 Å². The van der Waals surface area contributed by atoms with Gasteiger partial charge in [0.1, 0.15) is 16.5 Å². The lowest BCUT2D eigenvalue weighted by atomic mass is 10.2. The van der Waals surface area contributed by atoms with Crippen molar-refractivity contribution in [3.63, 3.8) is 0 Å². The maximum Gasteiger partial charge on any atom is 0.265 e. The van der Waals surface area contributed by atoms with Crippen molar-refractivity contribution in [1.82, 2.24) is 0 Å². The number of amides is 1. The average molecular weight is 463 g/mol. The van der Waals surface area contributed by atoms with Crippen LogP contribution in [0.25, 0.3) is 0 Å². The molecule has 0 aliphatic carbocycles. The van der Waals surface area contributed by atoms with E-state index in [2.05, 4.69) is 4.72 Å². The zero-order valence-electron chi connectivity index (χ0n) is 15.2. The fraction of sp³-hybridized carbons (Fsp3) is 0.235. The zero-order chi connectivity index (χ0) is 21.6. The summed E-state index contributed by atoms with van der Waals surface area (Å²) in [5.41, 5.74) is -0.139. The SMILES string of the molecule is COc1ccc(N2C(=O)C(C)CS2(=O)=O)cc1S(=O)(=O)Nc1ccc(F)c(Cl)c1. The standard InChI is InChI=1S/C17H16ClFN2O6S2/c1-10-9-28(23,24)21(17(10)22)12-4-6-15(27-2)16(8-12)29(25,26)20-11-3-5-14(19)13(18)7-11/h3-8,10,20H,9H2,1-2H3. The van der Waals surface area contributed by atoms with E-state index in [9.17, 15) is 26.0 Å². The molecule has 1 aliphatic rings. The second-order valence-electron chi connectivity index (χ2n) is 6.35. The number of sulfonamides is 2. The predicted molar refractivity (Wildman–Crippen MR) is 106 cm³/mol. The first-order chi connectivity index (χ1) is 13.5. The van der Waals surface area contributed by atoms with Crippen LogP contribution in [0.4, 0.5) is 15.8 Å². The molecule has 156 valence electrons. The van der Waals surface area contributed by atoms with Crippen molar-refractivity contribution >= 4 is 48.9 Å². The molecule has 3 rings (SSSR count). The van der Waals surface area contributed by atoms with E-state index in [0.717, 1.165) is 18.2 Å². The molecule has 1 amide bonds. The van der Waals surface area contributed by atoms with Crippen molar-refractivity contribution in [1.29, 1.82) is 0 Å². The number of methoxy groups -OCH3 is 1. The second-order valence-corrected chi connectivity index (χ2v) is 10.3. The molecule has 2 aromatic carbocycles. The minimum absolute atomic E-state index is 0.0117. The Morgan fingerprint density at radius 1 is 1.24 bits per heavy atom. The molecule has 1 fully saturated rings. The first kappa shape index (κ1) is 21.3. The van der Waals surface area contributed by atoms with E-state index in [-0.39, 0.29) is 27.9 Å². The fourth-order valence-electron chi connectivity index (χ4n) is 2.86. The monoisotopic (exact) mass is 462 g/mol. The third-order valence-electron chi connectivity index (χ3n) is 4.20. The first-order valence-corrected chi connectivity index (χ1v) is 11.7. The number of halogens is 2. The van der Waals surface area contributed by atoms with Gasteiger partial charge in [0.25, 0.3) is 10.0 Å². The van der Waals surface area contributed by atoms with E-state index in [1.807, 2.05) is 0 Å². The van der Waals surface area contributed by atoms with Gasteiger partial charge in [-0.25, -0.2) is 25.5 Å². The van der Waals surface area contributed by atoms with Gasteiger partial charge in [-0.1, -0.05) is 18.5 Å². The number of rotatable bonds is 5. The highest BCUT2D eigenvalue weighted by Crippen LogP contribution is 2.34. The lowest BCUT2D eigenvalue weighted by molar-refractivity contribution is -0.119. The molecule has 0 saturated carbocycles. The molecule has 1 heterocycles. The number of carbonyl (C=O) groups is 1. The highest BCUT2D eigenvalue weighted by molar-refractivity contribution is 7.94. The third kappa shape index (κ3) is 4.02. The largest absolute Gasteiger partial charge is 0.495 e. The Hall–Kier alpha value is -2.37. The Bertz CT molecular complexity index is 1200. The molecule has 1 N–H and O–H groups in total. The number of benzene rings is 2. The summed E-state index contributed by atoms with van der Waals surface area (Å²) in [5.74, 6) is -2.57. The summed E-state index contributed by atoms with van der Waals surface area (Å²) >= 11 is 5.67. The molecule has 0 spiro atoms. The van der Waals surface area contributed by atoms with Gasteiger partial charge in [-0.3, -0.25) is 9.52 Å². The quantitative estimate of drug-likeness (QED) is 0.731. The number of nitrogens with one attached hydrogen (secondary N) is 1. The molecule has 0 bridgehead atoms. The summed E-state index contributed by atoms with van der Waals surface area (Å²) < 4.78 is 71.6. The average Bonchev–Trinajstić information content (AvgIpc) is 2.84. The van der Waals surface area contributed by atoms with Gasteiger partial charge in [0.15, 0.2) is 0 Å². The smallest absolute Gasteiger partial charge is 0.265 e. The Morgan fingerprint density at radius 2 is 1.93 bits per heavy atom. The Labute approximate surface area is 172 Å². The maximum absolute atomic E-state index is 13.3. The van der Waals surface area contributed by atoms with E-state index in [4.69, 9.17) is 16.3 Å². The van der Waals surface area contributed by atoms with Crippen molar-refractivity contribution in [2.24, 2.45) is 5.92 Å². The fourth-order valence-corrected chi connectivity index (χ4v) is 6.09. The van der Waals surface area contributed by atoms with Crippen LogP contribution in [0.2, 0.25) is 5.02 Å². The number of hydrogen-bond acceptors (Lipinski definition) is 6. The van der Waals surface area contributed by atoms with Crippen LogP contribution in [0.3, 0.4) is 0 Å². The first-order valence-electron chi connectivity index (χ1n) is 8.19. The van der Waals surface area contributed by atoms with E-state index in [0.29, 0.717) is 4.31 Å². The van der Waals surface area contributed by atoms with Crippen LogP contribution < -0.4 is 13.8 Å². The molecular formula is C17H16ClFN2O6S2. The van der Waals surface area contributed by atoms with E-state index < -0.39 is 42.6 Å². The molecule has 0 aromatic heterocycles. The van der Waals surface area contributed by atoms with Crippen LogP contribution in [0.5, 0.6) is 5.75 Å². The Morgan fingerprint density at radius 3 is 2.48 bits per heavy atom. The summed E-state index contributed by atoms with van der Waals surface area (Å²) in [6, 6.07) is 6.80. The van der Waals surface area contributed by atoms with Crippen molar-refractivity contribution in [2.45, 2.75) is 11.8 Å².